The zero-order valence-electron chi connectivity index (χ0n) is 11.3. The van der Waals surface area contributed by atoms with Crippen LogP contribution in [0.5, 0.6) is 0 Å². The number of nitrogens with zero attached hydrogens (tertiary/aromatic N) is 1. The summed E-state index contributed by atoms with van der Waals surface area (Å²) in [5.74, 6) is 0. The lowest BCUT2D eigenvalue weighted by atomic mass is 10.1. The Hall–Kier alpha value is -0.910. The van der Waals surface area contributed by atoms with Crippen LogP contribution in [0, 0.1) is 0 Å². The minimum atomic E-state index is -3.29. The number of aryl methyl sites for hydroxylation is 1. The van der Waals surface area contributed by atoms with Crippen molar-refractivity contribution in [1.29, 1.82) is 0 Å². The third-order valence-electron chi connectivity index (χ3n) is 3.11. The molecule has 0 aliphatic heterocycles. The van der Waals surface area contributed by atoms with Crippen molar-refractivity contribution in [2.45, 2.75) is 32.1 Å². The fraction of sp³-hybridized carbons (Fsp3) is 0.538. The first-order chi connectivity index (χ1) is 8.41. The first kappa shape index (κ1) is 15.1. The first-order valence-corrected chi connectivity index (χ1v) is 7.65. The Kier molecular flexibility index (Phi) is 5.31. The van der Waals surface area contributed by atoms with Crippen molar-refractivity contribution < 1.29 is 8.42 Å². The van der Waals surface area contributed by atoms with Gasteiger partial charge in [-0.3, -0.25) is 0 Å². The van der Waals surface area contributed by atoms with Gasteiger partial charge < -0.3 is 5.73 Å². The molecule has 0 saturated heterocycles. The summed E-state index contributed by atoms with van der Waals surface area (Å²) in [6.45, 7) is 4.25. The summed E-state index contributed by atoms with van der Waals surface area (Å²) in [5.41, 5.74) is 7.66. The molecule has 1 unspecified atom stereocenters. The number of sulfonamides is 1. The van der Waals surface area contributed by atoms with Crippen molar-refractivity contribution in [2.24, 2.45) is 5.73 Å². The molecule has 0 spiro atoms. The summed E-state index contributed by atoms with van der Waals surface area (Å²) in [7, 11) is -1.70. The highest BCUT2D eigenvalue weighted by Crippen LogP contribution is 2.12. The lowest BCUT2D eigenvalue weighted by molar-refractivity contribution is 0.457. The van der Waals surface area contributed by atoms with Gasteiger partial charge in [0.05, 0.1) is 5.25 Å². The Morgan fingerprint density at radius 3 is 2.17 bits per heavy atom. The van der Waals surface area contributed by atoms with Gasteiger partial charge in [-0.1, -0.05) is 31.2 Å². The lowest BCUT2D eigenvalue weighted by Gasteiger charge is -2.21. The van der Waals surface area contributed by atoms with Gasteiger partial charge in [0.15, 0.2) is 0 Å². The minimum Gasteiger partial charge on any atom is -0.329 e. The molecule has 0 aliphatic rings. The molecule has 0 saturated carbocycles. The second kappa shape index (κ2) is 6.31. The summed E-state index contributed by atoms with van der Waals surface area (Å²) < 4.78 is 25.4. The number of benzene rings is 1. The van der Waals surface area contributed by atoms with E-state index in [1.165, 1.54) is 9.87 Å². The average molecular weight is 270 g/mol. The van der Waals surface area contributed by atoms with Crippen LogP contribution < -0.4 is 5.73 Å². The van der Waals surface area contributed by atoms with Gasteiger partial charge in [0.2, 0.25) is 10.0 Å². The van der Waals surface area contributed by atoms with Crippen LogP contribution >= 0.6 is 0 Å². The molecular weight excluding hydrogens is 248 g/mol. The van der Waals surface area contributed by atoms with E-state index in [2.05, 4.69) is 6.92 Å². The first-order valence-electron chi connectivity index (χ1n) is 6.14. The van der Waals surface area contributed by atoms with E-state index in [0.717, 1.165) is 12.0 Å². The van der Waals surface area contributed by atoms with Crippen LogP contribution in [0.25, 0.3) is 0 Å². The van der Waals surface area contributed by atoms with E-state index < -0.39 is 15.3 Å². The third-order valence-corrected chi connectivity index (χ3v) is 5.32. The lowest BCUT2D eigenvalue weighted by Crippen LogP contribution is -2.38. The van der Waals surface area contributed by atoms with Crippen LogP contribution in [0.1, 0.15) is 25.0 Å². The minimum absolute atomic E-state index is 0.140. The van der Waals surface area contributed by atoms with Crippen molar-refractivity contribution in [3.05, 3.63) is 35.4 Å². The Labute approximate surface area is 110 Å². The molecule has 1 aromatic carbocycles. The summed E-state index contributed by atoms with van der Waals surface area (Å²) in [6, 6.07) is 8.00. The second-order valence-corrected chi connectivity index (χ2v) is 6.98. The molecule has 1 rings (SSSR count). The molecule has 0 aromatic heterocycles. The molecule has 18 heavy (non-hydrogen) atoms. The van der Waals surface area contributed by atoms with Crippen LogP contribution in [0.2, 0.25) is 0 Å². The zero-order valence-corrected chi connectivity index (χ0v) is 12.1. The molecule has 0 heterocycles. The number of nitrogens with two attached hydrogens (primary N) is 1. The van der Waals surface area contributed by atoms with E-state index in [9.17, 15) is 8.42 Å². The molecule has 102 valence electrons. The van der Waals surface area contributed by atoms with Crippen molar-refractivity contribution in [3.63, 3.8) is 0 Å². The fourth-order valence-electron chi connectivity index (χ4n) is 1.66. The highest BCUT2D eigenvalue weighted by Gasteiger charge is 2.24. The quantitative estimate of drug-likeness (QED) is 0.849. The van der Waals surface area contributed by atoms with Gasteiger partial charge in [0.1, 0.15) is 0 Å². The number of hydrogen-bond donors (Lipinski definition) is 1. The van der Waals surface area contributed by atoms with Crippen molar-refractivity contribution in [2.75, 3.05) is 13.6 Å². The van der Waals surface area contributed by atoms with Crippen molar-refractivity contribution in [1.82, 2.24) is 4.31 Å². The highest BCUT2D eigenvalue weighted by atomic mass is 32.2. The van der Waals surface area contributed by atoms with Gasteiger partial charge >= 0.3 is 0 Å². The van der Waals surface area contributed by atoms with E-state index in [-0.39, 0.29) is 6.54 Å². The molecule has 5 heteroatoms. The highest BCUT2D eigenvalue weighted by molar-refractivity contribution is 7.89. The summed E-state index contributed by atoms with van der Waals surface area (Å²) in [6.07, 6.45) is 0.985. The molecule has 0 radical (unpaired) electrons. The largest absolute Gasteiger partial charge is 0.329 e. The monoisotopic (exact) mass is 270 g/mol. The number of hydrogen-bond acceptors (Lipinski definition) is 3. The van der Waals surface area contributed by atoms with Crippen molar-refractivity contribution >= 4 is 10.0 Å². The third kappa shape index (κ3) is 3.54. The van der Waals surface area contributed by atoms with Crippen LogP contribution in [0.3, 0.4) is 0 Å². The Morgan fingerprint density at radius 1 is 1.22 bits per heavy atom. The molecule has 0 amide bonds. The molecule has 2 N–H and O–H groups in total. The van der Waals surface area contributed by atoms with Gasteiger partial charge in [-0.05, 0) is 24.5 Å². The van der Waals surface area contributed by atoms with E-state index in [1.807, 2.05) is 24.3 Å². The Bertz CT molecular complexity index is 468. The molecule has 1 atom stereocenters. The molecule has 0 aliphatic carbocycles. The maximum atomic E-state index is 12.0. The number of rotatable bonds is 6. The fourth-order valence-corrected chi connectivity index (χ4v) is 2.84. The molecule has 4 nitrogen and oxygen atoms in total. The van der Waals surface area contributed by atoms with Crippen LogP contribution in [-0.4, -0.2) is 31.6 Å². The second-order valence-electron chi connectivity index (χ2n) is 4.52. The van der Waals surface area contributed by atoms with E-state index in [1.54, 1.807) is 14.0 Å². The molecule has 1 aromatic rings. The topological polar surface area (TPSA) is 63.4 Å². The van der Waals surface area contributed by atoms with Gasteiger partial charge in [0, 0.05) is 20.1 Å². The van der Waals surface area contributed by atoms with E-state index in [4.69, 9.17) is 5.73 Å². The van der Waals surface area contributed by atoms with Crippen LogP contribution in [0.4, 0.5) is 0 Å². The molecule has 0 fully saturated rings. The Balaban J connectivity index is 2.77. The summed E-state index contributed by atoms with van der Waals surface area (Å²) in [5, 5.41) is -0.544. The zero-order chi connectivity index (χ0) is 13.8. The van der Waals surface area contributed by atoms with Crippen LogP contribution in [0.15, 0.2) is 24.3 Å². The molecular formula is C13H22N2O2S. The predicted molar refractivity (Wildman–Crippen MR) is 74.7 cm³/mol. The maximum absolute atomic E-state index is 12.0. The van der Waals surface area contributed by atoms with Crippen molar-refractivity contribution in [3.8, 4) is 0 Å². The average Bonchev–Trinajstić information content (AvgIpc) is 2.38. The van der Waals surface area contributed by atoms with E-state index >= 15 is 0 Å². The normalized spacial score (nSPS) is 13.8. The van der Waals surface area contributed by atoms with Gasteiger partial charge in [-0.2, -0.15) is 0 Å². The molecule has 0 bridgehead atoms. The standard InChI is InChI=1S/C13H22N2O2S/c1-4-12-5-7-13(8-6-12)10-15(3)18(16,17)11(2)9-14/h5-8,11H,4,9-10,14H2,1-3H3. The summed E-state index contributed by atoms with van der Waals surface area (Å²) in [4.78, 5) is 0. The summed E-state index contributed by atoms with van der Waals surface area (Å²) >= 11 is 0. The maximum Gasteiger partial charge on any atom is 0.218 e. The van der Waals surface area contributed by atoms with Gasteiger partial charge in [0.25, 0.3) is 0 Å². The Morgan fingerprint density at radius 2 is 1.72 bits per heavy atom. The smallest absolute Gasteiger partial charge is 0.218 e. The van der Waals surface area contributed by atoms with Crippen LogP contribution in [-0.2, 0) is 23.0 Å². The van der Waals surface area contributed by atoms with E-state index in [0.29, 0.717) is 6.54 Å². The van der Waals surface area contributed by atoms with Gasteiger partial charge in [-0.15, -0.1) is 0 Å². The SMILES string of the molecule is CCc1ccc(CN(C)S(=O)(=O)C(C)CN)cc1. The predicted octanol–water partition coefficient (Wildman–Crippen LogP) is 1.36. The van der Waals surface area contributed by atoms with Gasteiger partial charge in [-0.25, -0.2) is 12.7 Å².